The molecule has 0 saturated heterocycles. The van der Waals surface area contributed by atoms with Crippen LogP contribution in [0.4, 0.5) is 0 Å². The highest BCUT2D eigenvalue weighted by Crippen LogP contribution is 2.50. The summed E-state index contributed by atoms with van der Waals surface area (Å²) < 4.78 is 0. The lowest BCUT2D eigenvalue weighted by atomic mass is 9.78. The van der Waals surface area contributed by atoms with E-state index in [-0.39, 0.29) is 10.8 Å². The van der Waals surface area contributed by atoms with Crippen LogP contribution in [-0.2, 0) is 0 Å². The minimum atomic E-state index is 0.0508. The summed E-state index contributed by atoms with van der Waals surface area (Å²) in [4.78, 5) is 0. The van der Waals surface area contributed by atoms with Crippen molar-refractivity contribution in [1.82, 2.24) is 0 Å². The zero-order valence-corrected chi connectivity index (χ0v) is 10.3. The third kappa shape index (κ3) is 2.23. The van der Waals surface area contributed by atoms with Gasteiger partial charge < -0.3 is 5.73 Å². The molecule has 1 aliphatic carbocycles. The van der Waals surface area contributed by atoms with Crippen molar-refractivity contribution in [2.24, 2.45) is 16.6 Å². The summed E-state index contributed by atoms with van der Waals surface area (Å²) in [5.41, 5.74) is 8.35. The number of nitrogens with two attached hydrogens (primary N) is 1. The molecule has 0 aliphatic heterocycles. The van der Waals surface area contributed by atoms with Gasteiger partial charge in [-0.1, -0.05) is 33.8 Å². The van der Waals surface area contributed by atoms with Crippen molar-refractivity contribution in [1.29, 1.82) is 5.26 Å². The number of nitriles is 1. The first-order valence-electron chi connectivity index (χ1n) is 5.30. The normalized spacial score (nSPS) is 24.1. The van der Waals surface area contributed by atoms with E-state index in [1.807, 2.05) is 0 Å². The van der Waals surface area contributed by atoms with Crippen molar-refractivity contribution < 1.29 is 0 Å². The minimum absolute atomic E-state index is 0.0508. The summed E-state index contributed by atoms with van der Waals surface area (Å²) in [6.07, 6.45) is 3.26. The van der Waals surface area contributed by atoms with Crippen LogP contribution in [0.1, 0.15) is 41.0 Å². The lowest BCUT2D eigenvalue weighted by Gasteiger charge is -2.25. The highest BCUT2D eigenvalue weighted by Gasteiger charge is 2.39. The first-order chi connectivity index (χ1) is 6.69. The molecule has 0 fully saturated rings. The van der Waals surface area contributed by atoms with E-state index in [4.69, 9.17) is 11.0 Å². The average Bonchev–Trinajstić information content (AvgIpc) is 2.20. The van der Waals surface area contributed by atoms with Crippen LogP contribution >= 0.6 is 0 Å². The van der Waals surface area contributed by atoms with Crippen LogP contribution in [0.3, 0.4) is 0 Å². The van der Waals surface area contributed by atoms with Crippen LogP contribution in [0.5, 0.6) is 0 Å². The van der Waals surface area contributed by atoms with E-state index in [9.17, 15) is 0 Å². The van der Waals surface area contributed by atoms with Crippen molar-refractivity contribution in [3.63, 3.8) is 0 Å². The SMILES string of the molecule is CC(N)=C(C#N)C1=CC(C)(C)CC1(C)C. The number of hydrogen-bond acceptors (Lipinski definition) is 2. The van der Waals surface area contributed by atoms with Crippen molar-refractivity contribution >= 4 is 0 Å². The lowest BCUT2D eigenvalue weighted by Crippen LogP contribution is -2.16. The van der Waals surface area contributed by atoms with E-state index < -0.39 is 0 Å². The third-order valence-electron chi connectivity index (χ3n) is 2.94. The summed E-state index contributed by atoms with van der Waals surface area (Å²) >= 11 is 0. The van der Waals surface area contributed by atoms with Gasteiger partial charge in [-0.15, -0.1) is 0 Å². The monoisotopic (exact) mass is 204 g/mol. The van der Waals surface area contributed by atoms with Gasteiger partial charge in [-0.2, -0.15) is 5.26 Å². The number of nitrogens with zero attached hydrogens (tertiary/aromatic N) is 1. The van der Waals surface area contributed by atoms with E-state index in [2.05, 4.69) is 39.8 Å². The van der Waals surface area contributed by atoms with Crippen LogP contribution in [0.15, 0.2) is 22.9 Å². The fraction of sp³-hybridized carbons (Fsp3) is 0.615. The maximum Gasteiger partial charge on any atom is 0.101 e. The van der Waals surface area contributed by atoms with Gasteiger partial charge in [0.1, 0.15) is 6.07 Å². The van der Waals surface area contributed by atoms with E-state index in [1.165, 1.54) is 0 Å². The fourth-order valence-corrected chi connectivity index (χ4v) is 2.64. The first-order valence-corrected chi connectivity index (χ1v) is 5.30. The van der Waals surface area contributed by atoms with Crippen LogP contribution in [0, 0.1) is 22.2 Å². The van der Waals surface area contributed by atoms with Gasteiger partial charge in [-0.05, 0) is 29.7 Å². The average molecular weight is 204 g/mol. The van der Waals surface area contributed by atoms with Crippen LogP contribution in [0.25, 0.3) is 0 Å². The molecule has 0 spiro atoms. The Kier molecular flexibility index (Phi) is 2.69. The van der Waals surface area contributed by atoms with E-state index >= 15 is 0 Å². The van der Waals surface area contributed by atoms with Gasteiger partial charge in [-0.25, -0.2) is 0 Å². The second kappa shape index (κ2) is 3.41. The maximum atomic E-state index is 9.13. The minimum Gasteiger partial charge on any atom is -0.401 e. The Hall–Kier alpha value is -1.23. The van der Waals surface area contributed by atoms with Gasteiger partial charge >= 0.3 is 0 Å². The summed E-state index contributed by atoms with van der Waals surface area (Å²) in [5.74, 6) is 0. The molecule has 0 unspecified atom stereocenters. The Morgan fingerprint density at radius 1 is 1.40 bits per heavy atom. The van der Waals surface area contributed by atoms with Gasteiger partial charge in [0, 0.05) is 5.70 Å². The van der Waals surface area contributed by atoms with Crippen molar-refractivity contribution in [2.45, 2.75) is 41.0 Å². The topological polar surface area (TPSA) is 49.8 Å². The Balaban J connectivity index is 3.28. The second-order valence-corrected chi connectivity index (χ2v) is 5.78. The van der Waals surface area contributed by atoms with Gasteiger partial charge in [-0.3, -0.25) is 0 Å². The van der Waals surface area contributed by atoms with Crippen LogP contribution < -0.4 is 5.73 Å². The van der Waals surface area contributed by atoms with Gasteiger partial charge in [0.15, 0.2) is 0 Å². The largest absolute Gasteiger partial charge is 0.401 e. The molecule has 2 heteroatoms. The molecule has 0 atom stereocenters. The summed E-state index contributed by atoms with van der Waals surface area (Å²) in [6, 6.07) is 2.22. The Bertz CT molecular complexity index is 372. The van der Waals surface area contributed by atoms with Crippen molar-refractivity contribution in [2.75, 3.05) is 0 Å². The van der Waals surface area contributed by atoms with E-state index in [1.54, 1.807) is 6.92 Å². The van der Waals surface area contributed by atoms with Gasteiger partial charge in [0.25, 0.3) is 0 Å². The molecule has 15 heavy (non-hydrogen) atoms. The van der Waals surface area contributed by atoms with E-state index in [0.29, 0.717) is 11.3 Å². The molecule has 0 aromatic carbocycles. The molecular weight excluding hydrogens is 184 g/mol. The second-order valence-electron chi connectivity index (χ2n) is 5.78. The molecule has 0 heterocycles. The summed E-state index contributed by atoms with van der Waals surface area (Å²) in [5, 5.41) is 9.13. The molecule has 0 amide bonds. The predicted octanol–water partition coefficient (Wildman–Crippen LogP) is 3.13. The van der Waals surface area contributed by atoms with E-state index in [0.717, 1.165) is 12.0 Å². The van der Waals surface area contributed by atoms with Crippen LogP contribution in [-0.4, -0.2) is 0 Å². The molecule has 2 nitrogen and oxygen atoms in total. The zero-order valence-electron chi connectivity index (χ0n) is 10.3. The summed E-state index contributed by atoms with van der Waals surface area (Å²) in [6.45, 7) is 10.5. The molecule has 0 radical (unpaired) electrons. The van der Waals surface area contributed by atoms with Crippen LogP contribution in [0.2, 0.25) is 0 Å². The molecule has 1 aliphatic rings. The third-order valence-corrected chi connectivity index (χ3v) is 2.94. The lowest BCUT2D eigenvalue weighted by molar-refractivity contribution is 0.327. The first kappa shape index (κ1) is 11.8. The smallest absolute Gasteiger partial charge is 0.101 e. The predicted molar refractivity (Wildman–Crippen MR) is 62.8 cm³/mol. The molecule has 2 N–H and O–H groups in total. The Morgan fingerprint density at radius 3 is 2.20 bits per heavy atom. The summed E-state index contributed by atoms with van der Waals surface area (Å²) in [7, 11) is 0. The number of hydrogen-bond donors (Lipinski definition) is 1. The molecule has 0 aromatic heterocycles. The quantitative estimate of drug-likeness (QED) is 0.667. The molecule has 0 bridgehead atoms. The fourth-order valence-electron chi connectivity index (χ4n) is 2.64. The Labute approximate surface area is 92.5 Å². The molecule has 82 valence electrons. The molecule has 0 aromatic rings. The highest BCUT2D eigenvalue weighted by atomic mass is 14.6. The number of allylic oxidation sites excluding steroid dienone is 4. The molecule has 0 saturated carbocycles. The van der Waals surface area contributed by atoms with Crippen molar-refractivity contribution in [3.8, 4) is 6.07 Å². The molecular formula is C13H20N2. The number of rotatable bonds is 1. The highest BCUT2D eigenvalue weighted by molar-refractivity contribution is 5.50. The van der Waals surface area contributed by atoms with Gasteiger partial charge in [0.05, 0.1) is 5.57 Å². The molecule has 1 rings (SSSR count). The Morgan fingerprint density at radius 2 is 1.93 bits per heavy atom. The zero-order chi connectivity index (χ0) is 11.9. The standard InChI is InChI=1S/C13H20N2/c1-9(15)10(7-14)11-6-12(2,3)8-13(11,4)5/h6H,8,15H2,1-5H3. The maximum absolute atomic E-state index is 9.13. The van der Waals surface area contributed by atoms with Gasteiger partial charge in [0.2, 0.25) is 0 Å². The van der Waals surface area contributed by atoms with Crippen molar-refractivity contribution in [3.05, 3.63) is 22.9 Å².